The molecule has 9 nitrogen and oxygen atoms in total. The summed E-state index contributed by atoms with van der Waals surface area (Å²) in [5, 5.41) is 4.38. The summed E-state index contributed by atoms with van der Waals surface area (Å²) < 4.78 is 1.91. The molecule has 5 rings (SSSR count). The highest BCUT2D eigenvalue weighted by atomic mass is 35.5. The number of rotatable bonds is 8. The Morgan fingerprint density at radius 2 is 1.77 bits per heavy atom. The third-order valence-electron chi connectivity index (χ3n) is 6.96. The van der Waals surface area contributed by atoms with Gasteiger partial charge in [-0.25, -0.2) is 9.97 Å². The van der Waals surface area contributed by atoms with Gasteiger partial charge in [-0.05, 0) is 25.1 Å². The lowest BCUT2D eigenvalue weighted by Gasteiger charge is -2.36. The molecule has 0 radical (unpaired) electrons. The minimum absolute atomic E-state index is 0.00217. The molecule has 0 aliphatic carbocycles. The van der Waals surface area contributed by atoms with Crippen molar-refractivity contribution in [1.82, 2.24) is 24.4 Å². The Labute approximate surface area is 248 Å². The fourth-order valence-corrected chi connectivity index (χ4v) is 6.43. The number of thioether (sulfide) groups is 1. The number of amides is 1. The predicted molar refractivity (Wildman–Crippen MR) is 168 cm³/mol. The number of carbonyl (C=O) groups excluding carboxylic acids is 1. The topological polar surface area (TPSA) is 82.4 Å². The van der Waals surface area contributed by atoms with Crippen molar-refractivity contribution < 1.29 is 4.79 Å². The minimum Gasteiger partial charge on any atom is -0.365 e. The number of hydrogen-bond donors (Lipinski definition) is 1. The van der Waals surface area contributed by atoms with Crippen molar-refractivity contribution in [1.29, 1.82) is 0 Å². The van der Waals surface area contributed by atoms with E-state index in [0.29, 0.717) is 42.0 Å². The molecule has 0 saturated carbocycles. The second kappa shape index (κ2) is 13.0. The van der Waals surface area contributed by atoms with E-state index in [0.717, 1.165) is 53.2 Å². The highest BCUT2D eigenvalue weighted by molar-refractivity contribution is 7.99. The van der Waals surface area contributed by atoms with E-state index in [-0.39, 0.29) is 12.5 Å². The smallest absolute Gasteiger partial charge is 0.242 e. The third-order valence-corrected chi connectivity index (χ3v) is 8.46. The second-order valence-corrected chi connectivity index (χ2v) is 11.4. The highest BCUT2D eigenvalue weighted by Gasteiger charge is 2.25. The number of halogens is 2. The number of allylic oxidation sites excluding steroid dienone is 1. The molecular formula is C28H32Cl2N8OS. The summed E-state index contributed by atoms with van der Waals surface area (Å²) >= 11 is 14.7. The predicted octanol–water partition coefficient (Wildman–Crippen LogP) is 5.09. The summed E-state index contributed by atoms with van der Waals surface area (Å²) in [6.07, 6.45) is 10.6. The Bertz CT molecular complexity index is 1360. The molecule has 2 fully saturated rings. The van der Waals surface area contributed by atoms with Crippen LogP contribution in [0.3, 0.4) is 0 Å². The van der Waals surface area contributed by atoms with Gasteiger partial charge in [0.25, 0.3) is 0 Å². The molecule has 2 aliphatic heterocycles. The first-order chi connectivity index (χ1) is 19.5. The van der Waals surface area contributed by atoms with Gasteiger partial charge >= 0.3 is 0 Å². The average Bonchev–Trinajstić information content (AvgIpc) is 3.34. The van der Waals surface area contributed by atoms with Crippen LogP contribution in [0.4, 0.5) is 17.3 Å². The summed E-state index contributed by atoms with van der Waals surface area (Å²) in [4.78, 5) is 33.1. The zero-order valence-electron chi connectivity index (χ0n) is 22.4. The summed E-state index contributed by atoms with van der Waals surface area (Å²) in [7, 11) is 0. The number of piperazine rings is 1. The highest BCUT2D eigenvalue weighted by Crippen LogP contribution is 2.33. The van der Waals surface area contributed by atoms with Crippen molar-refractivity contribution in [2.45, 2.75) is 6.92 Å². The van der Waals surface area contributed by atoms with E-state index in [2.05, 4.69) is 26.7 Å². The summed E-state index contributed by atoms with van der Waals surface area (Å²) in [6, 6.07) is 4.09. The normalized spacial score (nSPS) is 16.0. The zero-order valence-corrected chi connectivity index (χ0v) is 24.7. The Morgan fingerprint density at radius 1 is 1.05 bits per heavy atom. The lowest BCUT2D eigenvalue weighted by Crippen LogP contribution is -2.50. The van der Waals surface area contributed by atoms with Gasteiger partial charge in [-0.1, -0.05) is 35.9 Å². The van der Waals surface area contributed by atoms with E-state index < -0.39 is 0 Å². The summed E-state index contributed by atoms with van der Waals surface area (Å²) in [5.41, 5.74) is 2.36. The van der Waals surface area contributed by atoms with Gasteiger partial charge in [-0.3, -0.25) is 14.3 Å². The van der Waals surface area contributed by atoms with Gasteiger partial charge in [-0.2, -0.15) is 11.8 Å². The molecule has 0 atom stereocenters. The first-order valence-corrected chi connectivity index (χ1v) is 15.1. The van der Waals surface area contributed by atoms with Gasteiger partial charge < -0.3 is 20.0 Å². The molecule has 0 bridgehead atoms. The van der Waals surface area contributed by atoms with Crippen molar-refractivity contribution in [3.63, 3.8) is 0 Å². The van der Waals surface area contributed by atoms with Crippen molar-refractivity contribution in [2.24, 2.45) is 0 Å². The van der Waals surface area contributed by atoms with Gasteiger partial charge in [0.05, 0.1) is 22.3 Å². The van der Waals surface area contributed by atoms with Gasteiger partial charge in [0, 0.05) is 81.1 Å². The van der Waals surface area contributed by atoms with Gasteiger partial charge in [0.15, 0.2) is 0 Å². The number of nitrogens with zero attached hydrogens (tertiary/aromatic N) is 7. The van der Waals surface area contributed by atoms with Gasteiger partial charge in [0.2, 0.25) is 5.91 Å². The van der Waals surface area contributed by atoms with Crippen molar-refractivity contribution in [3.8, 4) is 11.3 Å². The number of pyridine rings is 2. The Morgan fingerprint density at radius 3 is 2.40 bits per heavy atom. The first-order valence-electron chi connectivity index (χ1n) is 13.2. The van der Waals surface area contributed by atoms with Crippen molar-refractivity contribution in [3.05, 3.63) is 59.2 Å². The fourth-order valence-electron chi connectivity index (χ4n) is 4.93. The van der Waals surface area contributed by atoms with E-state index in [1.807, 2.05) is 58.8 Å². The Hall–Kier alpha value is -3.21. The molecule has 2 aliphatic rings. The van der Waals surface area contributed by atoms with Crippen LogP contribution in [0.2, 0.25) is 10.0 Å². The molecule has 2 saturated heterocycles. The first kappa shape index (κ1) is 28.3. The maximum absolute atomic E-state index is 13.3. The second-order valence-electron chi connectivity index (χ2n) is 9.40. The number of nitrogens with one attached hydrogen (secondary N) is 1. The van der Waals surface area contributed by atoms with Crippen LogP contribution >= 0.6 is 35.0 Å². The Kier molecular flexibility index (Phi) is 9.18. The van der Waals surface area contributed by atoms with Crippen LogP contribution in [0.5, 0.6) is 0 Å². The molecule has 12 heteroatoms. The third kappa shape index (κ3) is 6.09. The molecule has 210 valence electrons. The molecule has 40 heavy (non-hydrogen) atoms. The van der Waals surface area contributed by atoms with Gasteiger partial charge in [-0.15, -0.1) is 0 Å². The molecule has 0 spiro atoms. The monoisotopic (exact) mass is 598 g/mol. The van der Waals surface area contributed by atoms with Crippen molar-refractivity contribution >= 4 is 70.5 Å². The quantitative estimate of drug-likeness (QED) is 0.384. The fraction of sp³-hybridized carbons (Fsp3) is 0.357. The molecule has 1 N–H and O–H groups in total. The van der Waals surface area contributed by atoms with Crippen LogP contribution in [0.1, 0.15) is 12.7 Å². The molecule has 1 amide bonds. The number of carbonyl (C=O) groups is 1. The largest absolute Gasteiger partial charge is 0.365 e. The van der Waals surface area contributed by atoms with E-state index in [9.17, 15) is 4.79 Å². The maximum Gasteiger partial charge on any atom is 0.242 e. The lowest BCUT2D eigenvalue weighted by molar-refractivity contribution is -0.129. The molecule has 3 aromatic heterocycles. The molecule has 0 aromatic carbocycles. The molecule has 0 unspecified atom stereocenters. The zero-order chi connectivity index (χ0) is 28.1. The lowest BCUT2D eigenvalue weighted by atomic mass is 10.2. The summed E-state index contributed by atoms with van der Waals surface area (Å²) in [5.74, 6) is 4.60. The number of imidazole rings is 1. The number of hydrogen-bond acceptors (Lipinski definition) is 8. The van der Waals surface area contributed by atoms with Crippen molar-refractivity contribution in [2.75, 3.05) is 72.4 Å². The van der Waals surface area contributed by atoms with Crippen LogP contribution in [-0.4, -0.2) is 87.6 Å². The van der Waals surface area contributed by atoms with E-state index in [1.165, 1.54) is 0 Å². The molecule has 3 aromatic rings. The van der Waals surface area contributed by atoms with Crippen LogP contribution < -0.4 is 15.1 Å². The van der Waals surface area contributed by atoms with Crippen LogP contribution in [0, 0.1) is 0 Å². The standard InChI is InChI=1S/C28H32Cl2N8OS/c1-3-7-38-23(4-2)34-26(20-5-6-24(32-16-20)35-12-14-40-15-13-35)28(38)33-19-25(39)36-8-10-37(11-9-36)27-21(29)17-31-18-22(27)30/h3-7,16-18,33H,2,8-15,19H2,1H3/b7-3-. The average molecular weight is 600 g/mol. The van der Waals surface area contributed by atoms with Crippen LogP contribution in [0.25, 0.3) is 23.5 Å². The van der Waals surface area contributed by atoms with Gasteiger partial charge in [0.1, 0.15) is 23.2 Å². The Balaban J connectivity index is 1.30. The van der Waals surface area contributed by atoms with Crippen LogP contribution in [0.15, 0.2) is 43.4 Å². The number of aromatic nitrogens is 4. The number of anilines is 3. The SMILES string of the molecule is C=Cc1nc(-c2ccc(N3CCSCC3)nc2)c(NCC(=O)N2CCN(c3c(Cl)cncc3Cl)CC2)n1/C=C\C. The summed E-state index contributed by atoms with van der Waals surface area (Å²) in [6.45, 7) is 10.4. The molecule has 5 heterocycles. The van der Waals surface area contributed by atoms with Crippen LogP contribution in [-0.2, 0) is 4.79 Å². The van der Waals surface area contributed by atoms with E-state index >= 15 is 0 Å². The maximum atomic E-state index is 13.3. The van der Waals surface area contributed by atoms with E-state index in [1.54, 1.807) is 18.5 Å². The molecular weight excluding hydrogens is 567 g/mol. The van der Waals surface area contributed by atoms with E-state index in [4.69, 9.17) is 33.2 Å². The minimum atomic E-state index is 0.00217.